The lowest BCUT2D eigenvalue weighted by Gasteiger charge is -2.10. The van der Waals surface area contributed by atoms with Gasteiger partial charge in [0.25, 0.3) is 5.91 Å². The Morgan fingerprint density at radius 1 is 1.00 bits per heavy atom. The molecule has 2 rings (SSSR count). The van der Waals surface area contributed by atoms with Crippen LogP contribution in [0.5, 0.6) is 5.75 Å². The molecule has 0 aliphatic carbocycles. The third-order valence-electron chi connectivity index (χ3n) is 3.22. The lowest BCUT2D eigenvalue weighted by molar-refractivity contribution is 0.0954. The Labute approximate surface area is 162 Å². The summed E-state index contributed by atoms with van der Waals surface area (Å²) in [5.74, 6) is 0.480. The Kier molecular flexibility index (Phi) is 7.27. The molecule has 0 atom stereocenters. The number of hydrogen-bond donors (Lipinski definition) is 3. The number of urea groups is 1. The van der Waals surface area contributed by atoms with Gasteiger partial charge in [-0.3, -0.25) is 4.79 Å². The summed E-state index contributed by atoms with van der Waals surface area (Å²) in [7, 11) is 1.57. The molecule has 0 aliphatic rings. The van der Waals surface area contributed by atoms with Gasteiger partial charge in [0.1, 0.15) is 5.75 Å². The van der Waals surface area contributed by atoms with Crippen LogP contribution < -0.4 is 20.7 Å². The Morgan fingerprint density at radius 2 is 1.68 bits per heavy atom. The number of benzene rings is 2. The van der Waals surface area contributed by atoms with E-state index in [-0.39, 0.29) is 11.9 Å². The zero-order valence-electron chi connectivity index (χ0n) is 13.4. The van der Waals surface area contributed by atoms with Gasteiger partial charge in [0.2, 0.25) is 0 Å². The highest BCUT2D eigenvalue weighted by Gasteiger charge is 2.07. The summed E-state index contributed by atoms with van der Waals surface area (Å²) < 4.78 is 6.68. The molecule has 0 fully saturated rings. The third-order valence-corrected chi connectivity index (χ3v) is 4.41. The van der Waals surface area contributed by atoms with Crippen LogP contribution in [0.15, 0.2) is 51.4 Å². The number of carbonyl (C=O) groups excluding carboxylic acids is 2. The fraction of sp³-hybridized carbons (Fsp3) is 0.176. The number of nitrogens with one attached hydrogen (secondary N) is 3. The number of amides is 3. The molecular weight excluding hydrogens is 454 g/mol. The minimum atomic E-state index is -0.350. The first-order valence-electron chi connectivity index (χ1n) is 7.42. The molecule has 3 amide bonds. The van der Waals surface area contributed by atoms with Crippen molar-refractivity contribution in [2.24, 2.45) is 0 Å². The molecule has 2 aromatic carbocycles. The number of hydrogen-bond acceptors (Lipinski definition) is 3. The normalized spacial score (nSPS) is 10.0. The van der Waals surface area contributed by atoms with Crippen LogP contribution in [0, 0.1) is 0 Å². The maximum absolute atomic E-state index is 12.0. The van der Waals surface area contributed by atoms with Gasteiger partial charge in [0.15, 0.2) is 0 Å². The molecule has 0 aromatic heterocycles. The number of carbonyl (C=O) groups is 2. The summed E-state index contributed by atoms with van der Waals surface area (Å²) in [5.41, 5.74) is 1.18. The standard InChI is InChI=1S/C17H17Br2N3O3/c1-25-13-5-2-11(3-6-13)16(23)20-8-9-21-17(24)22-15-10-12(18)4-7-14(15)19/h2-7,10H,8-9H2,1H3,(H,20,23)(H2,21,22,24). The molecule has 25 heavy (non-hydrogen) atoms. The second kappa shape index (κ2) is 9.43. The van der Waals surface area contributed by atoms with E-state index in [1.165, 1.54) is 0 Å². The van der Waals surface area contributed by atoms with Crippen molar-refractivity contribution in [3.05, 3.63) is 57.0 Å². The first-order chi connectivity index (χ1) is 12.0. The van der Waals surface area contributed by atoms with Crippen LogP contribution in [0.2, 0.25) is 0 Å². The van der Waals surface area contributed by atoms with E-state index >= 15 is 0 Å². The molecule has 6 nitrogen and oxygen atoms in total. The van der Waals surface area contributed by atoms with Crippen LogP contribution in [-0.4, -0.2) is 32.1 Å². The molecule has 0 spiro atoms. The SMILES string of the molecule is COc1ccc(C(=O)NCCNC(=O)Nc2cc(Br)ccc2Br)cc1. The van der Waals surface area contributed by atoms with E-state index in [9.17, 15) is 9.59 Å². The maximum atomic E-state index is 12.0. The molecule has 132 valence electrons. The van der Waals surface area contributed by atoms with Crippen LogP contribution in [0.1, 0.15) is 10.4 Å². The van der Waals surface area contributed by atoms with Gasteiger partial charge in [-0.1, -0.05) is 15.9 Å². The number of ether oxygens (including phenoxy) is 1. The van der Waals surface area contributed by atoms with Gasteiger partial charge in [-0.15, -0.1) is 0 Å². The van der Waals surface area contributed by atoms with Crippen molar-refractivity contribution in [1.82, 2.24) is 10.6 Å². The predicted octanol–water partition coefficient (Wildman–Crippen LogP) is 3.77. The number of rotatable bonds is 6. The molecule has 8 heteroatoms. The van der Waals surface area contributed by atoms with Gasteiger partial charge in [0.05, 0.1) is 12.8 Å². The predicted molar refractivity (Wildman–Crippen MR) is 104 cm³/mol. The molecule has 0 radical (unpaired) electrons. The Morgan fingerprint density at radius 3 is 2.36 bits per heavy atom. The Hall–Kier alpha value is -2.06. The van der Waals surface area contributed by atoms with Crippen molar-refractivity contribution in [2.45, 2.75) is 0 Å². The van der Waals surface area contributed by atoms with Crippen LogP contribution >= 0.6 is 31.9 Å². The number of methoxy groups -OCH3 is 1. The highest BCUT2D eigenvalue weighted by molar-refractivity contribution is 9.11. The Balaban J connectivity index is 1.73. The lowest BCUT2D eigenvalue weighted by Crippen LogP contribution is -2.36. The maximum Gasteiger partial charge on any atom is 0.319 e. The number of anilines is 1. The van der Waals surface area contributed by atoms with E-state index < -0.39 is 0 Å². The average Bonchev–Trinajstić information content (AvgIpc) is 2.61. The van der Waals surface area contributed by atoms with Crippen LogP contribution in [0.25, 0.3) is 0 Å². The second-order valence-electron chi connectivity index (χ2n) is 4.99. The zero-order chi connectivity index (χ0) is 18.2. The molecule has 2 aromatic rings. The topological polar surface area (TPSA) is 79.5 Å². The van der Waals surface area contributed by atoms with Gasteiger partial charge in [-0.25, -0.2) is 4.79 Å². The molecule has 0 bridgehead atoms. The Bertz CT molecular complexity index is 751. The van der Waals surface area contributed by atoms with Crippen molar-refractivity contribution >= 4 is 49.5 Å². The summed E-state index contributed by atoms with van der Waals surface area (Å²) in [6.45, 7) is 0.622. The van der Waals surface area contributed by atoms with E-state index in [2.05, 4.69) is 47.8 Å². The minimum absolute atomic E-state index is 0.209. The van der Waals surface area contributed by atoms with E-state index in [1.807, 2.05) is 12.1 Å². The fourth-order valence-electron chi connectivity index (χ4n) is 1.96. The summed E-state index contributed by atoms with van der Waals surface area (Å²) in [4.78, 5) is 23.8. The highest BCUT2D eigenvalue weighted by atomic mass is 79.9. The lowest BCUT2D eigenvalue weighted by atomic mass is 10.2. The van der Waals surface area contributed by atoms with E-state index in [4.69, 9.17) is 4.74 Å². The molecule has 3 N–H and O–H groups in total. The molecule has 0 saturated carbocycles. The van der Waals surface area contributed by atoms with E-state index in [1.54, 1.807) is 37.4 Å². The summed E-state index contributed by atoms with van der Waals surface area (Å²) in [5, 5.41) is 8.15. The quantitative estimate of drug-likeness (QED) is 0.562. The average molecular weight is 471 g/mol. The fourth-order valence-corrected chi connectivity index (χ4v) is 2.66. The molecule has 0 saturated heterocycles. The van der Waals surface area contributed by atoms with E-state index in [0.29, 0.717) is 30.1 Å². The van der Waals surface area contributed by atoms with Gasteiger partial charge in [-0.05, 0) is 58.4 Å². The van der Waals surface area contributed by atoms with Gasteiger partial charge in [0, 0.05) is 27.6 Å². The van der Waals surface area contributed by atoms with Crippen LogP contribution in [0.4, 0.5) is 10.5 Å². The van der Waals surface area contributed by atoms with Crippen LogP contribution in [0.3, 0.4) is 0 Å². The molecule has 0 unspecified atom stereocenters. The van der Waals surface area contributed by atoms with Gasteiger partial charge in [-0.2, -0.15) is 0 Å². The third kappa shape index (κ3) is 6.06. The monoisotopic (exact) mass is 469 g/mol. The van der Waals surface area contributed by atoms with Gasteiger partial charge < -0.3 is 20.7 Å². The van der Waals surface area contributed by atoms with Crippen LogP contribution in [-0.2, 0) is 0 Å². The van der Waals surface area contributed by atoms with E-state index in [0.717, 1.165) is 8.95 Å². The van der Waals surface area contributed by atoms with Crippen molar-refractivity contribution in [2.75, 3.05) is 25.5 Å². The van der Waals surface area contributed by atoms with Crippen molar-refractivity contribution < 1.29 is 14.3 Å². The highest BCUT2D eigenvalue weighted by Crippen LogP contribution is 2.25. The second-order valence-corrected chi connectivity index (χ2v) is 6.76. The molecule has 0 heterocycles. The molecular formula is C17H17Br2N3O3. The zero-order valence-corrected chi connectivity index (χ0v) is 16.6. The summed E-state index contributed by atoms with van der Waals surface area (Å²) in [6, 6.07) is 11.9. The van der Waals surface area contributed by atoms with Gasteiger partial charge >= 0.3 is 6.03 Å². The van der Waals surface area contributed by atoms with Crippen molar-refractivity contribution in [1.29, 1.82) is 0 Å². The van der Waals surface area contributed by atoms with Crippen molar-refractivity contribution in [3.8, 4) is 5.75 Å². The first-order valence-corrected chi connectivity index (χ1v) is 9.00. The van der Waals surface area contributed by atoms with Crippen molar-refractivity contribution in [3.63, 3.8) is 0 Å². The number of halogens is 2. The smallest absolute Gasteiger partial charge is 0.319 e. The molecule has 0 aliphatic heterocycles. The summed E-state index contributed by atoms with van der Waals surface area (Å²) in [6.07, 6.45) is 0. The minimum Gasteiger partial charge on any atom is -0.497 e. The first kappa shape index (κ1) is 19.3. The summed E-state index contributed by atoms with van der Waals surface area (Å²) >= 11 is 6.72. The largest absolute Gasteiger partial charge is 0.497 e.